The Morgan fingerprint density at radius 1 is 1.25 bits per heavy atom. The van der Waals surface area contributed by atoms with E-state index < -0.39 is 5.69 Å². The van der Waals surface area contributed by atoms with E-state index in [1.54, 1.807) is 30.3 Å². The molecule has 146 valence electrons. The van der Waals surface area contributed by atoms with Crippen LogP contribution in [0.4, 0.5) is 5.95 Å². The lowest BCUT2D eigenvalue weighted by atomic mass is 10.2. The van der Waals surface area contributed by atoms with E-state index in [2.05, 4.69) is 10.1 Å². The number of hydrazone groups is 1. The monoisotopic (exact) mass is 400 g/mol. The third kappa shape index (κ3) is 2.67. The fourth-order valence-corrected chi connectivity index (χ4v) is 3.76. The first kappa shape index (κ1) is 18.5. The fraction of sp³-hybridized carbons (Fsp3) is 0.368. The van der Waals surface area contributed by atoms with E-state index in [0.29, 0.717) is 28.7 Å². The van der Waals surface area contributed by atoms with Gasteiger partial charge in [0.2, 0.25) is 5.95 Å². The number of aryl methyl sites for hydroxylation is 1. The molecule has 3 aromatic rings. The highest BCUT2D eigenvalue weighted by atomic mass is 35.5. The summed E-state index contributed by atoms with van der Waals surface area (Å²) in [6.07, 6.45) is 0. The molecule has 0 saturated carbocycles. The lowest BCUT2D eigenvalue weighted by Crippen LogP contribution is -2.40. The summed E-state index contributed by atoms with van der Waals surface area (Å²) in [5, 5.41) is 6.87. The summed E-state index contributed by atoms with van der Waals surface area (Å²) in [4.78, 5) is 30.9. The highest BCUT2D eigenvalue weighted by Gasteiger charge is 2.30. The van der Waals surface area contributed by atoms with Crippen LogP contribution in [0.5, 0.6) is 0 Å². The zero-order chi connectivity index (χ0) is 20.2. The Kier molecular flexibility index (Phi) is 4.38. The van der Waals surface area contributed by atoms with Gasteiger partial charge in [0.15, 0.2) is 11.2 Å². The van der Waals surface area contributed by atoms with E-state index in [-0.39, 0.29) is 18.1 Å². The summed E-state index contributed by atoms with van der Waals surface area (Å²) in [7, 11) is 1.63. The van der Waals surface area contributed by atoms with E-state index in [1.807, 2.05) is 31.4 Å². The van der Waals surface area contributed by atoms with Crippen molar-refractivity contribution in [1.82, 2.24) is 18.7 Å². The van der Waals surface area contributed by atoms with Crippen LogP contribution in [0.1, 0.15) is 32.4 Å². The minimum Gasteiger partial charge on any atom is -0.294 e. The Morgan fingerprint density at radius 3 is 2.68 bits per heavy atom. The summed E-state index contributed by atoms with van der Waals surface area (Å²) in [5.74, 6) is 0.572. The quantitative estimate of drug-likeness (QED) is 0.676. The number of fused-ring (bicyclic) bond motifs is 3. The molecule has 9 heteroatoms. The van der Waals surface area contributed by atoms with Gasteiger partial charge >= 0.3 is 5.69 Å². The van der Waals surface area contributed by atoms with E-state index >= 15 is 0 Å². The van der Waals surface area contributed by atoms with Gasteiger partial charge in [-0.05, 0) is 38.5 Å². The number of aromatic nitrogens is 4. The van der Waals surface area contributed by atoms with Crippen LogP contribution in [0.15, 0.2) is 39.0 Å². The molecule has 1 aromatic carbocycles. The molecule has 0 saturated heterocycles. The molecule has 1 aliphatic rings. The van der Waals surface area contributed by atoms with Crippen LogP contribution in [0.25, 0.3) is 11.2 Å². The number of nitrogens with zero attached hydrogens (tertiary/aromatic N) is 6. The number of rotatable bonds is 3. The second kappa shape index (κ2) is 6.63. The Morgan fingerprint density at radius 2 is 2.00 bits per heavy atom. The normalized spacial score (nSPS) is 16.4. The van der Waals surface area contributed by atoms with Crippen LogP contribution < -0.4 is 16.3 Å². The second-order valence-corrected chi connectivity index (χ2v) is 7.39. The molecule has 0 bridgehead atoms. The molecule has 0 fully saturated rings. The van der Waals surface area contributed by atoms with Crippen LogP contribution in [0.2, 0.25) is 5.02 Å². The molecule has 2 aromatic heterocycles. The van der Waals surface area contributed by atoms with Gasteiger partial charge in [0.05, 0.1) is 18.3 Å². The minimum atomic E-state index is -0.415. The number of benzene rings is 1. The molecular weight excluding hydrogens is 380 g/mol. The predicted molar refractivity (Wildman–Crippen MR) is 111 cm³/mol. The van der Waals surface area contributed by atoms with E-state index in [4.69, 9.17) is 11.6 Å². The molecule has 0 amide bonds. The molecule has 4 rings (SSSR count). The first-order chi connectivity index (χ1) is 13.3. The highest BCUT2D eigenvalue weighted by molar-refractivity contribution is 6.30. The van der Waals surface area contributed by atoms with E-state index in [1.165, 1.54) is 9.13 Å². The molecule has 0 spiro atoms. The van der Waals surface area contributed by atoms with Crippen molar-refractivity contribution in [3.05, 3.63) is 55.7 Å². The molecule has 1 atom stereocenters. The predicted octanol–water partition coefficient (Wildman–Crippen LogP) is 2.38. The van der Waals surface area contributed by atoms with Gasteiger partial charge in [0, 0.05) is 18.6 Å². The largest absolute Gasteiger partial charge is 0.332 e. The summed E-state index contributed by atoms with van der Waals surface area (Å²) < 4.78 is 4.52. The Hall–Kier alpha value is -2.87. The van der Waals surface area contributed by atoms with Crippen molar-refractivity contribution in [2.45, 2.75) is 33.4 Å². The maximum Gasteiger partial charge on any atom is 0.332 e. The first-order valence-corrected chi connectivity index (χ1v) is 9.50. The van der Waals surface area contributed by atoms with Crippen LogP contribution in [-0.2, 0) is 13.6 Å². The van der Waals surface area contributed by atoms with E-state index in [9.17, 15) is 9.59 Å². The topological polar surface area (TPSA) is 77.4 Å². The van der Waals surface area contributed by atoms with Gasteiger partial charge in [-0.15, -0.1) is 0 Å². The maximum absolute atomic E-state index is 13.4. The zero-order valence-electron chi connectivity index (χ0n) is 16.2. The zero-order valence-corrected chi connectivity index (χ0v) is 16.9. The maximum atomic E-state index is 13.4. The standard InChI is InChI=1S/C19H21ClN6O2/c1-5-25-18-21-16-15(26(18)12(3)11(2)22-25)17(27)24(19(28)23(16)4)10-13-7-6-8-14(20)9-13/h6-9,12H,5,10H2,1-4H3/t12-/m0/s1. The summed E-state index contributed by atoms with van der Waals surface area (Å²) in [6.45, 7) is 6.61. The van der Waals surface area contributed by atoms with Gasteiger partial charge in [-0.25, -0.2) is 9.80 Å². The number of imidazole rings is 1. The Bertz CT molecular complexity index is 1240. The molecule has 28 heavy (non-hydrogen) atoms. The molecular formula is C19H21ClN6O2. The molecule has 3 heterocycles. The van der Waals surface area contributed by atoms with Gasteiger partial charge < -0.3 is 0 Å². The van der Waals surface area contributed by atoms with Gasteiger partial charge in [-0.3, -0.25) is 18.5 Å². The molecule has 0 aliphatic carbocycles. The second-order valence-electron chi connectivity index (χ2n) is 6.95. The third-order valence-corrected chi connectivity index (χ3v) is 5.42. The van der Waals surface area contributed by atoms with Gasteiger partial charge in [-0.2, -0.15) is 10.1 Å². The smallest absolute Gasteiger partial charge is 0.294 e. The summed E-state index contributed by atoms with van der Waals surface area (Å²) in [5.41, 5.74) is 1.64. The van der Waals surface area contributed by atoms with Crippen LogP contribution in [-0.4, -0.2) is 30.9 Å². The average molecular weight is 401 g/mol. The SMILES string of the molecule is CCN1N=C(C)[C@H](C)n2c1nc1c2c(=O)n(Cc2cccc(Cl)c2)c(=O)n1C. The summed E-state index contributed by atoms with van der Waals surface area (Å²) >= 11 is 6.06. The van der Waals surface area contributed by atoms with Crippen molar-refractivity contribution < 1.29 is 0 Å². The van der Waals surface area contributed by atoms with Gasteiger partial charge in [-0.1, -0.05) is 23.7 Å². The van der Waals surface area contributed by atoms with Crippen molar-refractivity contribution in [2.75, 3.05) is 11.6 Å². The van der Waals surface area contributed by atoms with Crippen molar-refractivity contribution in [3.63, 3.8) is 0 Å². The number of hydrogen-bond acceptors (Lipinski definition) is 5. The third-order valence-electron chi connectivity index (χ3n) is 5.19. The first-order valence-electron chi connectivity index (χ1n) is 9.12. The van der Waals surface area contributed by atoms with E-state index in [0.717, 1.165) is 11.3 Å². The molecule has 8 nitrogen and oxygen atoms in total. The number of hydrogen-bond donors (Lipinski definition) is 0. The van der Waals surface area contributed by atoms with Gasteiger partial charge in [0.1, 0.15) is 0 Å². The fourth-order valence-electron chi connectivity index (χ4n) is 3.55. The Balaban J connectivity index is 2.00. The van der Waals surface area contributed by atoms with Crippen LogP contribution in [0, 0.1) is 0 Å². The molecule has 0 unspecified atom stereocenters. The van der Waals surface area contributed by atoms with Crippen LogP contribution >= 0.6 is 11.6 Å². The lowest BCUT2D eigenvalue weighted by molar-refractivity contribution is 0.631. The Labute approximate surface area is 166 Å². The van der Waals surface area contributed by atoms with Crippen molar-refractivity contribution in [1.29, 1.82) is 0 Å². The van der Waals surface area contributed by atoms with Crippen molar-refractivity contribution in [2.24, 2.45) is 12.1 Å². The minimum absolute atomic E-state index is 0.132. The molecule has 0 radical (unpaired) electrons. The lowest BCUT2D eigenvalue weighted by Gasteiger charge is -2.28. The summed E-state index contributed by atoms with van der Waals surface area (Å²) in [6, 6.07) is 7.01. The number of halogens is 1. The molecule has 0 N–H and O–H groups in total. The average Bonchev–Trinajstić information content (AvgIpc) is 3.07. The molecule has 1 aliphatic heterocycles. The highest BCUT2D eigenvalue weighted by Crippen LogP contribution is 2.29. The number of anilines is 1. The van der Waals surface area contributed by atoms with Crippen molar-refractivity contribution >= 4 is 34.4 Å². The van der Waals surface area contributed by atoms with Gasteiger partial charge in [0.25, 0.3) is 5.56 Å². The van der Waals surface area contributed by atoms with Crippen molar-refractivity contribution in [3.8, 4) is 0 Å². The van der Waals surface area contributed by atoms with Crippen LogP contribution in [0.3, 0.4) is 0 Å².